The molecule has 1 fully saturated rings. The van der Waals surface area contributed by atoms with E-state index in [9.17, 15) is 0 Å². The number of imidazole rings is 1. The van der Waals surface area contributed by atoms with Gasteiger partial charge in [0.25, 0.3) is 0 Å². The quantitative estimate of drug-likeness (QED) is 0.749. The molecule has 0 aliphatic carbocycles. The Balaban J connectivity index is 1.66. The molecule has 3 heterocycles. The first kappa shape index (κ1) is 11.7. The van der Waals surface area contributed by atoms with Crippen molar-refractivity contribution in [2.45, 2.75) is 25.3 Å². The Morgan fingerprint density at radius 1 is 1.20 bits per heavy atom. The fourth-order valence-electron chi connectivity index (χ4n) is 2.77. The summed E-state index contributed by atoms with van der Waals surface area (Å²) in [6.45, 7) is 1.07. The zero-order valence-electron chi connectivity index (χ0n) is 11.1. The van der Waals surface area contributed by atoms with Gasteiger partial charge in [0.05, 0.1) is 17.9 Å². The SMILES string of the molecule is c1nc2ccc(-c3cnc(C4CCCCN4)[nH]3)cc2o1. The molecule has 5 nitrogen and oxygen atoms in total. The van der Waals surface area contributed by atoms with E-state index >= 15 is 0 Å². The molecule has 2 N–H and O–H groups in total. The average molecular weight is 268 g/mol. The molecular weight excluding hydrogens is 252 g/mol. The summed E-state index contributed by atoms with van der Waals surface area (Å²) in [4.78, 5) is 12.1. The van der Waals surface area contributed by atoms with Crippen LogP contribution in [0.15, 0.2) is 35.2 Å². The molecule has 1 unspecified atom stereocenters. The van der Waals surface area contributed by atoms with Crippen molar-refractivity contribution in [2.75, 3.05) is 6.54 Å². The topological polar surface area (TPSA) is 66.7 Å². The Morgan fingerprint density at radius 3 is 3.10 bits per heavy atom. The minimum Gasteiger partial charge on any atom is -0.443 e. The molecule has 1 aliphatic rings. The van der Waals surface area contributed by atoms with Crippen LogP contribution in [0, 0.1) is 0 Å². The van der Waals surface area contributed by atoms with Crippen LogP contribution >= 0.6 is 0 Å². The van der Waals surface area contributed by atoms with E-state index < -0.39 is 0 Å². The normalized spacial score (nSPS) is 19.5. The Hall–Kier alpha value is -2.14. The van der Waals surface area contributed by atoms with Gasteiger partial charge in [-0.2, -0.15) is 0 Å². The predicted octanol–water partition coefficient (Wildman–Crippen LogP) is 3.03. The van der Waals surface area contributed by atoms with Crippen molar-refractivity contribution in [3.05, 3.63) is 36.6 Å². The second-order valence-electron chi connectivity index (χ2n) is 5.22. The molecule has 1 aromatic carbocycles. The number of H-pyrrole nitrogens is 1. The number of aromatic amines is 1. The summed E-state index contributed by atoms with van der Waals surface area (Å²) in [7, 11) is 0. The number of oxazole rings is 1. The third-order valence-corrected chi connectivity index (χ3v) is 3.88. The van der Waals surface area contributed by atoms with Crippen molar-refractivity contribution in [3.63, 3.8) is 0 Å². The summed E-state index contributed by atoms with van der Waals surface area (Å²) in [6, 6.07) is 6.35. The van der Waals surface area contributed by atoms with E-state index in [0.717, 1.165) is 41.1 Å². The summed E-state index contributed by atoms with van der Waals surface area (Å²) >= 11 is 0. The number of fused-ring (bicyclic) bond motifs is 1. The number of nitrogens with zero attached hydrogens (tertiary/aromatic N) is 2. The van der Waals surface area contributed by atoms with Gasteiger partial charge in [-0.1, -0.05) is 12.5 Å². The Bertz CT molecular complexity index is 724. The van der Waals surface area contributed by atoms with Gasteiger partial charge in [0.1, 0.15) is 11.3 Å². The summed E-state index contributed by atoms with van der Waals surface area (Å²) in [6.07, 6.45) is 7.03. The smallest absolute Gasteiger partial charge is 0.181 e. The molecule has 4 rings (SSSR count). The highest BCUT2D eigenvalue weighted by Gasteiger charge is 2.17. The lowest BCUT2D eigenvalue weighted by Gasteiger charge is -2.21. The van der Waals surface area contributed by atoms with E-state index in [-0.39, 0.29) is 0 Å². The second-order valence-corrected chi connectivity index (χ2v) is 5.22. The van der Waals surface area contributed by atoms with Crippen LogP contribution in [0.2, 0.25) is 0 Å². The van der Waals surface area contributed by atoms with Gasteiger partial charge in [0.2, 0.25) is 0 Å². The summed E-state index contributed by atoms with van der Waals surface area (Å²) in [5.74, 6) is 1.03. The zero-order chi connectivity index (χ0) is 13.4. The van der Waals surface area contributed by atoms with Crippen molar-refractivity contribution < 1.29 is 4.42 Å². The van der Waals surface area contributed by atoms with Gasteiger partial charge in [-0.3, -0.25) is 0 Å². The van der Waals surface area contributed by atoms with Crippen LogP contribution in [-0.2, 0) is 0 Å². The third kappa shape index (κ3) is 2.00. The molecular formula is C15H16N4O. The fourth-order valence-corrected chi connectivity index (χ4v) is 2.77. The van der Waals surface area contributed by atoms with Crippen molar-refractivity contribution in [2.24, 2.45) is 0 Å². The summed E-state index contributed by atoms with van der Waals surface area (Å²) < 4.78 is 5.35. The number of nitrogens with one attached hydrogen (secondary N) is 2. The van der Waals surface area contributed by atoms with Crippen molar-refractivity contribution in [1.82, 2.24) is 20.3 Å². The minimum atomic E-state index is 0.353. The number of hydrogen-bond donors (Lipinski definition) is 2. The van der Waals surface area contributed by atoms with Crippen LogP contribution in [0.4, 0.5) is 0 Å². The van der Waals surface area contributed by atoms with Gasteiger partial charge in [-0.05, 0) is 31.5 Å². The van der Waals surface area contributed by atoms with E-state index in [1.54, 1.807) is 0 Å². The number of hydrogen-bond acceptors (Lipinski definition) is 4. The number of piperidine rings is 1. The van der Waals surface area contributed by atoms with Gasteiger partial charge in [0, 0.05) is 5.56 Å². The van der Waals surface area contributed by atoms with E-state index in [1.807, 2.05) is 24.4 Å². The lowest BCUT2D eigenvalue weighted by Crippen LogP contribution is -2.27. The zero-order valence-corrected chi connectivity index (χ0v) is 11.1. The molecule has 2 aromatic heterocycles. The van der Waals surface area contributed by atoms with Gasteiger partial charge >= 0.3 is 0 Å². The first-order valence-corrected chi connectivity index (χ1v) is 7.02. The second kappa shape index (κ2) is 4.76. The van der Waals surface area contributed by atoms with Gasteiger partial charge < -0.3 is 14.7 Å². The molecule has 0 spiro atoms. The van der Waals surface area contributed by atoms with Gasteiger partial charge in [-0.25, -0.2) is 9.97 Å². The molecule has 0 amide bonds. The Kier molecular flexibility index (Phi) is 2.77. The van der Waals surface area contributed by atoms with Crippen LogP contribution < -0.4 is 5.32 Å². The van der Waals surface area contributed by atoms with E-state index in [2.05, 4.69) is 20.3 Å². The maximum atomic E-state index is 5.35. The molecule has 1 saturated heterocycles. The predicted molar refractivity (Wildman–Crippen MR) is 76.2 cm³/mol. The van der Waals surface area contributed by atoms with Crippen LogP contribution in [-0.4, -0.2) is 21.5 Å². The largest absolute Gasteiger partial charge is 0.443 e. The summed E-state index contributed by atoms with van der Waals surface area (Å²) in [5.41, 5.74) is 3.77. The molecule has 3 aromatic rings. The standard InChI is InChI=1S/C15H16N4O/c1-2-6-16-12(3-1)15-17-8-13(19-15)10-4-5-11-14(7-10)20-9-18-11/h4-5,7-9,12,16H,1-3,6H2,(H,17,19). The number of benzene rings is 1. The summed E-state index contributed by atoms with van der Waals surface area (Å²) in [5, 5.41) is 3.50. The third-order valence-electron chi connectivity index (χ3n) is 3.88. The maximum Gasteiger partial charge on any atom is 0.181 e. The first-order valence-electron chi connectivity index (χ1n) is 7.02. The molecule has 0 radical (unpaired) electrons. The number of rotatable bonds is 2. The maximum absolute atomic E-state index is 5.35. The molecule has 0 bridgehead atoms. The van der Waals surface area contributed by atoms with Gasteiger partial charge in [-0.15, -0.1) is 0 Å². The average Bonchev–Trinajstić information content (AvgIpc) is 3.16. The van der Waals surface area contributed by atoms with E-state index in [4.69, 9.17) is 4.42 Å². The monoisotopic (exact) mass is 268 g/mol. The van der Waals surface area contributed by atoms with Crippen molar-refractivity contribution in [3.8, 4) is 11.3 Å². The fraction of sp³-hybridized carbons (Fsp3) is 0.333. The van der Waals surface area contributed by atoms with Crippen LogP contribution in [0.3, 0.4) is 0 Å². The molecule has 0 saturated carbocycles. The van der Waals surface area contributed by atoms with Crippen LogP contribution in [0.1, 0.15) is 31.1 Å². The van der Waals surface area contributed by atoms with Crippen LogP contribution in [0.5, 0.6) is 0 Å². The molecule has 1 aliphatic heterocycles. The van der Waals surface area contributed by atoms with Gasteiger partial charge in [0.15, 0.2) is 12.0 Å². The molecule has 1 atom stereocenters. The van der Waals surface area contributed by atoms with Crippen molar-refractivity contribution >= 4 is 11.1 Å². The highest BCUT2D eigenvalue weighted by Crippen LogP contribution is 2.26. The lowest BCUT2D eigenvalue weighted by molar-refractivity contribution is 0.399. The minimum absolute atomic E-state index is 0.353. The van der Waals surface area contributed by atoms with E-state index in [1.165, 1.54) is 19.2 Å². The molecule has 20 heavy (non-hydrogen) atoms. The molecule has 5 heteroatoms. The van der Waals surface area contributed by atoms with Crippen molar-refractivity contribution in [1.29, 1.82) is 0 Å². The Morgan fingerprint density at radius 2 is 2.20 bits per heavy atom. The Labute approximate surface area is 116 Å². The highest BCUT2D eigenvalue weighted by molar-refractivity contribution is 5.78. The number of aromatic nitrogens is 3. The lowest BCUT2D eigenvalue weighted by atomic mass is 10.0. The highest BCUT2D eigenvalue weighted by atomic mass is 16.3. The first-order chi connectivity index (χ1) is 9.90. The van der Waals surface area contributed by atoms with E-state index in [0.29, 0.717) is 6.04 Å². The van der Waals surface area contributed by atoms with Crippen LogP contribution in [0.25, 0.3) is 22.4 Å². The molecule has 102 valence electrons.